The third-order valence-electron chi connectivity index (χ3n) is 3.99. The molecule has 0 bridgehead atoms. The summed E-state index contributed by atoms with van der Waals surface area (Å²) in [5.74, 6) is 0.629. The lowest BCUT2D eigenvalue weighted by Gasteiger charge is -2.25. The molecule has 0 aliphatic heterocycles. The number of rotatable bonds is 8. The number of hydrogen-bond donors (Lipinski definition) is 1. The molecule has 0 unspecified atom stereocenters. The van der Waals surface area contributed by atoms with Crippen LogP contribution in [-0.4, -0.2) is 41.9 Å². The molecule has 0 saturated heterocycles. The zero-order valence-corrected chi connectivity index (χ0v) is 14.5. The molecule has 1 aliphatic rings. The fourth-order valence-electron chi connectivity index (χ4n) is 2.45. The Kier molecular flexibility index (Phi) is 6.23. The molecule has 5 nitrogen and oxygen atoms in total. The number of nitrogens with zero attached hydrogens (tertiary/aromatic N) is 3. The van der Waals surface area contributed by atoms with E-state index in [0.717, 1.165) is 36.9 Å². The smallest absolute Gasteiger partial charge is 0.291 e. The number of anilines is 1. The van der Waals surface area contributed by atoms with Gasteiger partial charge < -0.3 is 10.2 Å². The second kappa shape index (κ2) is 7.94. The lowest BCUT2D eigenvalue weighted by molar-refractivity contribution is 0.262. The van der Waals surface area contributed by atoms with Crippen molar-refractivity contribution in [3.05, 3.63) is 21.0 Å². The van der Waals surface area contributed by atoms with Gasteiger partial charge in [0, 0.05) is 13.1 Å². The van der Waals surface area contributed by atoms with Crippen molar-refractivity contribution in [1.29, 1.82) is 0 Å². The second-order valence-corrected chi connectivity index (χ2v) is 6.94. The maximum absolute atomic E-state index is 12.4. The first kappa shape index (κ1) is 16.5. The lowest BCUT2D eigenvalue weighted by Crippen LogP contribution is -2.31. The summed E-state index contributed by atoms with van der Waals surface area (Å²) in [6, 6.07) is 0. The van der Waals surface area contributed by atoms with Gasteiger partial charge in [0.1, 0.15) is 5.69 Å². The predicted molar refractivity (Wildman–Crippen MR) is 89.8 cm³/mol. The first-order chi connectivity index (χ1) is 10.1. The molecular formula is C15H25BrN4O. The van der Waals surface area contributed by atoms with Gasteiger partial charge in [-0.05, 0) is 68.2 Å². The van der Waals surface area contributed by atoms with E-state index in [-0.39, 0.29) is 5.56 Å². The van der Waals surface area contributed by atoms with Gasteiger partial charge in [-0.3, -0.25) is 4.79 Å². The Morgan fingerprint density at radius 2 is 2.19 bits per heavy atom. The van der Waals surface area contributed by atoms with Crippen LogP contribution in [0.4, 0.5) is 5.69 Å². The van der Waals surface area contributed by atoms with E-state index in [0.29, 0.717) is 11.6 Å². The van der Waals surface area contributed by atoms with Gasteiger partial charge in [-0.25, -0.2) is 4.68 Å². The summed E-state index contributed by atoms with van der Waals surface area (Å²) in [7, 11) is 4.15. The summed E-state index contributed by atoms with van der Waals surface area (Å²) >= 11 is 3.42. The number of halogens is 1. The van der Waals surface area contributed by atoms with Gasteiger partial charge in [0.05, 0.1) is 10.7 Å². The van der Waals surface area contributed by atoms with Gasteiger partial charge in [-0.2, -0.15) is 5.10 Å². The molecule has 2 rings (SSSR count). The van der Waals surface area contributed by atoms with Crippen molar-refractivity contribution in [1.82, 2.24) is 14.7 Å². The minimum atomic E-state index is -0.0103. The highest BCUT2D eigenvalue weighted by Crippen LogP contribution is 2.27. The number of unbranched alkanes of at least 4 members (excludes halogenated alkanes) is 1. The monoisotopic (exact) mass is 356 g/mol. The van der Waals surface area contributed by atoms with Crippen LogP contribution in [0.3, 0.4) is 0 Å². The zero-order valence-electron chi connectivity index (χ0n) is 12.9. The van der Waals surface area contributed by atoms with Crippen molar-refractivity contribution in [3.8, 4) is 0 Å². The highest BCUT2D eigenvalue weighted by molar-refractivity contribution is 9.10. The maximum atomic E-state index is 12.4. The molecule has 1 heterocycles. The highest BCUT2D eigenvalue weighted by atomic mass is 79.9. The predicted octanol–water partition coefficient (Wildman–Crippen LogP) is 2.56. The minimum Gasteiger partial charge on any atom is -0.380 e. The van der Waals surface area contributed by atoms with Crippen LogP contribution in [0.5, 0.6) is 0 Å². The lowest BCUT2D eigenvalue weighted by atomic mass is 9.85. The molecule has 1 aromatic rings. The van der Waals surface area contributed by atoms with E-state index in [2.05, 4.69) is 45.3 Å². The normalized spacial score (nSPS) is 15.2. The van der Waals surface area contributed by atoms with Gasteiger partial charge in [-0.1, -0.05) is 6.42 Å². The average Bonchev–Trinajstić information content (AvgIpc) is 2.38. The Morgan fingerprint density at radius 1 is 1.43 bits per heavy atom. The van der Waals surface area contributed by atoms with E-state index >= 15 is 0 Å². The topological polar surface area (TPSA) is 50.2 Å². The molecule has 0 radical (unpaired) electrons. The van der Waals surface area contributed by atoms with Gasteiger partial charge in [0.25, 0.3) is 5.56 Å². The Hall–Kier alpha value is -0.880. The van der Waals surface area contributed by atoms with Gasteiger partial charge in [0.15, 0.2) is 0 Å². The first-order valence-corrected chi connectivity index (χ1v) is 8.51. The van der Waals surface area contributed by atoms with E-state index in [1.165, 1.54) is 19.3 Å². The van der Waals surface area contributed by atoms with Crippen LogP contribution in [0.2, 0.25) is 0 Å². The zero-order chi connectivity index (χ0) is 15.2. The van der Waals surface area contributed by atoms with Gasteiger partial charge in [-0.15, -0.1) is 0 Å². The summed E-state index contributed by atoms with van der Waals surface area (Å²) in [4.78, 5) is 14.6. The van der Waals surface area contributed by atoms with Crippen molar-refractivity contribution < 1.29 is 0 Å². The molecule has 0 atom stereocenters. The van der Waals surface area contributed by atoms with Crippen molar-refractivity contribution in [2.45, 2.75) is 38.6 Å². The first-order valence-electron chi connectivity index (χ1n) is 7.72. The van der Waals surface area contributed by atoms with Crippen LogP contribution in [0.15, 0.2) is 15.5 Å². The van der Waals surface area contributed by atoms with E-state index in [1.54, 1.807) is 10.9 Å². The van der Waals surface area contributed by atoms with Crippen LogP contribution in [0.1, 0.15) is 32.1 Å². The Balaban J connectivity index is 1.91. The molecule has 1 aliphatic carbocycles. The molecule has 0 spiro atoms. The van der Waals surface area contributed by atoms with E-state index in [9.17, 15) is 4.79 Å². The van der Waals surface area contributed by atoms with Crippen LogP contribution < -0.4 is 10.9 Å². The van der Waals surface area contributed by atoms with Crippen LogP contribution in [0.25, 0.3) is 0 Å². The molecule has 0 amide bonds. The quantitative estimate of drug-likeness (QED) is 0.727. The van der Waals surface area contributed by atoms with Crippen molar-refractivity contribution in [2.24, 2.45) is 5.92 Å². The van der Waals surface area contributed by atoms with Crippen molar-refractivity contribution >= 4 is 21.6 Å². The molecule has 21 heavy (non-hydrogen) atoms. The third kappa shape index (κ3) is 4.81. The van der Waals surface area contributed by atoms with Crippen LogP contribution in [0, 0.1) is 5.92 Å². The van der Waals surface area contributed by atoms with E-state index < -0.39 is 0 Å². The van der Waals surface area contributed by atoms with Gasteiger partial charge >= 0.3 is 0 Å². The Bertz CT molecular complexity index is 511. The summed E-state index contributed by atoms with van der Waals surface area (Å²) in [6.45, 7) is 2.64. The summed E-state index contributed by atoms with van der Waals surface area (Å²) in [5.41, 5.74) is 0.637. The fourth-order valence-corrected chi connectivity index (χ4v) is 2.85. The third-order valence-corrected chi connectivity index (χ3v) is 4.59. The minimum absolute atomic E-state index is 0.0103. The molecule has 6 heteroatoms. The molecule has 0 aromatic carbocycles. The van der Waals surface area contributed by atoms with Crippen LogP contribution >= 0.6 is 15.9 Å². The summed E-state index contributed by atoms with van der Waals surface area (Å²) in [6.07, 6.45) is 7.62. The molecule has 118 valence electrons. The van der Waals surface area contributed by atoms with Crippen molar-refractivity contribution in [3.63, 3.8) is 0 Å². The van der Waals surface area contributed by atoms with Gasteiger partial charge in [0.2, 0.25) is 0 Å². The SMILES string of the molecule is CN(C)CCCCNc1c(Br)cnn(CC2CCC2)c1=O. The largest absolute Gasteiger partial charge is 0.380 e. The number of aromatic nitrogens is 2. The van der Waals surface area contributed by atoms with E-state index in [1.807, 2.05) is 0 Å². The summed E-state index contributed by atoms with van der Waals surface area (Å²) < 4.78 is 2.36. The molecule has 1 aromatic heterocycles. The molecule has 1 saturated carbocycles. The Labute approximate surface area is 134 Å². The second-order valence-electron chi connectivity index (χ2n) is 6.09. The average molecular weight is 357 g/mol. The Morgan fingerprint density at radius 3 is 2.81 bits per heavy atom. The summed E-state index contributed by atoms with van der Waals surface area (Å²) in [5, 5.41) is 7.50. The number of hydrogen-bond acceptors (Lipinski definition) is 4. The molecular weight excluding hydrogens is 332 g/mol. The maximum Gasteiger partial charge on any atom is 0.291 e. The molecule has 1 N–H and O–H groups in total. The van der Waals surface area contributed by atoms with Crippen molar-refractivity contribution in [2.75, 3.05) is 32.5 Å². The van der Waals surface area contributed by atoms with Crippen LogP contribution in [-0.2, 0) is 6.54 Å². The standard InChI is InChI=1S/C15H25BrN4O/c1-19(2)9-4-3-8-17-14-13(16)10-18-20(15(14)21)11-12-6-5-7-12/h10,12,17H,3-9,11H2,1-2H3. The fraction of sp³-hybridized carbons (Fsp3) is 0.733. The highest BCUT2D eigenvalue weighted by Gasteiger charge is 2.20. The molecule has 1 fully saturated rings. The van der Waals surface area contributed by atoms with E-state index in [4.69, 9.17) is 0 Å². The number of nitrogens with one attached hydrogen (secondary N) is 1.